The molecule has 0 N–H and O–H groups in total. The lowest BCUT2D eigenvalue weighted by Crippen LogP contribution is -2.33. The summed E-state index contributed by atoms with van der Waals surface area (Å²) >= 11 is 7.07. The van der Waals surface area contributed by atoms with Crippen molar-refractivity contribution in [2.75, 3.05) is 10.8 Å². The molecule has 27 heavy (non-hydrogen) atoms. The highest BCUT2D eigenvalue weighted by Gasteiger charge is 2.31. The van der Waals surface area contributed by atoms with E-state index in [1.54, 1.807) is 5.38 Å². The van der Waals surface area contributed by atoms with Crippen molar-refractivity contribution in [1.82, 2.24) is 9.97 Å². The number of nitrogens with zero attached hydrogens (tertiary/aromatic N) is 4. The number of sulfonamides is 1. The molecule has 1 aromatic carbocycles. The lowest BCUT2D eigenvalue weighted by atomic mass is 10.3. The normalized spacial score (nSPS) is 11.3. The lowest BCUT2D eigenvalue weighted by Gasteiger charge is -2.23. The van der Waals surface area contributed by atoms with Crippen molar-refractivity contribution < 1.29 is 13.3 Å². The van der Waals surface area contributed by atoms with Gasteiger partial charge in [0.15, 0.2) is 10.4 Å². The molecule has 0 aliphatic rings. The number of hydrogen-bond acceptors (Lipinski definition) is 7. The van der Waals surface area contributed by atoms with Crippen LogP contribution in [0.4, 0.5) is 11.4 Å². The predicted molar refractivity (Wildman–Crippen MR) is 102 cm³/mol. The zero-order valence-electron chi connectivity index (χ0n) is 13.6. The monoisotopic (exact) mass is 423 g/mol. The molecule has 2 aromatic heterocycles. The Hall–Kier alpha value is -2.56. The molecule has 11 heteroatoms. The topological polar surface area (TPSA) is 106 Å². The van der Waals surface area contributed by atoms with Crippen LogP contribution in [-0.4, -0.2) is 29.9 Å². The van der Waals surface area contributed by atoms with Crippen molar-refractivity contribution in [1.29, 1.82) is 0 Å². The van der Waals surface area contributed by atoms with Crippen LogP contribution >= 0.6 is 22.9 Å². The Morgan fingerprint density at radius 2 is 2.04 bits per heavy atom. The molecule has 0 fully saturated rings. The number of pyridine rings is 1. The van der Waals surface area contributed by atoms with E-state index in [0.29, 0.717) is 12.1 Å². The largest absolute Gasteiger partial charge is 0.289 e. The van der Waals surface area contributed by atoms with E-state index in [4.69, 9.17) is 11.6 Å². The van der Waals surface area contributed by atoms with Crippen molar-refractivity contribution in [3.8, 4) is 0 Å². The average molecular weight is 424 g/mol. The number of thiazole rings is 1. The van der Waals surface area contributed by atoms with Crippen molar-refractivity contribution in [2.24, 2.45) is 0 Å². The smallest absolute Gasteiger partial charge is 0.264 e. The van der Waals surface area contributed by atoms with Gasteiger partial charge in [-0.05, 0) is 18.2 Å². The molecule has 0 amide bonds. The summed E-state index contributed by atoms with van der Waals surface area (Å²) in [4.78, 5) is 18.1. The number of rotatable bonds is 7. The Balaban J connectivity index is 2.05. The van der Waals surface area contributed by atoms with Crippen molar-refractivity contribution in [3.05, 3.63) is 74.4 Å². The van der Waals surface area contributed by atoms with Gasteiger partial charge in [0, 0.05) is 24.4 Å². The van der Waals surface area contributed by atoms with E-state index in [1.165, 1.54) is 47.9 Å². The molecule has 0 aliphatic carbocycles. The van der Waals surface area contributed by atoms with Crippen LogP contribution in [0.2, 0.25) is 5.15 Å². The van der Waals surface area contributed by atoms with Gasteiger partial charge < -0.3 is 0 Å². The van der Waals surface area contributed by atoms with E-state index in [0.717, 1.165) is 10.4 Å². The van der Waals surface area contributed by atoms with E-state index in [1.807, 2.05) is 0 Å². The fourth-order valence-corrected chi connectivity index (χ4v) is 4.64. The number of nitro benzene ring substituents is 1. The molecular weight excluding hydrogens is 412 g/mol. The minimum absolute atomic E-state index is 0.0231. The second-order valence-electron chi connectivity index (χ2n) is 5.32. The van der Waals surface area contributed by atoms with Crippen molar-refractivity contribution in [2.45, 2.75) is 11.3 Å². The lowest BCUT2D eigenvalue weighted by molar-refractivity contribution is -0.387. The molecule has 0 spiro atoms. The first-order chi connectivity index (χ1) is 12.9. The van der Waals surface area contributed by atoms with Crippen LogP contribution in [0.25, 0.3) is 0 Å². The molecule has 2 heterocycles. The van der Waals surface area contributed by atoms with Crippen molar-refractivity contribution >= 4 is 44.3 Å². The van der Waals surface area contributed by atoms with Crippen LogP contribution in [0.15, 0.2) is 52.9 Å². The minimum Gasteiger partial charge on any atom is -0.264 e. The molecule has 0 saturated carbocycles. The predicted octanol–water partition coefficient (Wildman–Crippen LogP) is 3.34. The summed E-state index contributed by atoms with van der Waals surface area (Å²) in [6.45, 7) is 0.0231. The Kier molecular flexibility index (Phi) is 5.68. The highest BCUT2D eigenvalue weighted by atomic mass is 35.5. The van der Waals surface area contributed by atoms with Gasteiger partial charge in [0.1, 0.15) is 5.15 Å². The second-order valence-corrected chi connectivity index (χ2v) is 8.19. The number of hydrogen-bond donors (Lipinski definition) is 0. The molecule has 3 rings (SSSR count). The van der Waals surface area contributed by atoms with Gasteiger partial charge in [-0.3, -0.25) is 14.4 Å². The summed E-state index contributed by atoms with van der Waals surface area (Å²) in [7, 11) is -4.22. The maximum atomic E-state index is 13.2. The van der Waals surface area contributed by atoms with Crippen LogP contribution < -0.4 is 4.31 Å². The molecule has 139 valence electrons. The van der Waals surface area contributed by atoms with Gasteiger partial charge in [-0.2, -0.15) is 0 Å². The fraction of sp³-hybridized carbons (Fsp3) is 0.125. The van der Waals surface area contributed by atoms with Crippen LogP contribution in [-0.2, 0) is 16.4 Å². The molecule has 1 radical (unpaired) electrons. The zero-order valence-corrected chi connectivity index (χ0v) is 16.0. The van der Waals surface area contributed by atoms with Gasteiger partial charge in [-0.1, -0.05) is 23.7 Å². The van der Waals surface area contributed by atoms with Crippen LogP contribution in [0.5, 0.6) is 0 Å². The van der Waals surface area contributed by atoms with E-state index in [9.17, 15) is 18.5 Å². The number of nitro groups is 1. The molecular formula is C16H12ClN4O4S2. The third kappa shape index (κ3) is 4.24. The second kappa shape index (κ2) is 7.99. The van der Waals surface area contributed by atoms with E-state index in [-0.39, 0.29) is 17.4 Å². The summed E-state index contributed by atoms with van der Waals surface area (Å²) in [6.07, 6.45) is 1.62. The first-order valence-electron chi connectivity index (χ1n) is 7.58. The maximum absolute atomic E-state index is 13.2. The zero-order chi connectivity index (χ0) is 19.4. The van der Waals surface area contributed by atoms with Gasteiger partial charge in [-0.15, -0.1) is 11.3 Å². The van der Waals surface area contributed by atoms with E-state index >= 15 is 0 Å². The molecule has 0 aliphatic heterocycles. The van der Waals surface area contributed by atoms with E-state index < -0.39 is 25.5 Å². The van der Waals surface area contributed by atoms with E-state index in [2.05, 4.69) is 15.5 Å². The molecule has 0 bridgehead atoms. The number of para-hydroxylation sites is 1. The molecule has 0 saturated heterocycles. The van der Waals surface area contributed by atoms with Crippen LogP contribution in [0, 0.1) is 15.6 Å². The van der Waals surface area contributed by atoms with Crippen LogP contribution in [0.1, 0.15) is 5.69 Å². The van der Waals surface area contributed by atoms with Gasteiger partial charge in [-0.25, -0.2) is 18.4 Å². The molecule has 0 unspecified atom stereocenters. The summed E-state index contributed by atoms with van der Waals surface area (Å²) < 4.78 is 27.5. The third-order valence-corrected chi connectivity index (χ3v) is 6.32. The Bertz CT molecular complexity index is 1040. The summed E-state index contributed by atoms with van der Waals surface area (Å²) in [5.74, 6) is 0. The Labute approximate surface area is 164 Å². The number of benzene rings is 1. The number of halogens is 1. The number of aromatic nitrogens is 2. The molecule has 3 aromatic rings. The maximum Gasteiger partial charge on any atom is 0.289 e. The highest BCUT2D eigenvalue weighted by molar-refractivity contribution is 7.93. The Morgan fingerprint density at radius 1 is 1.26 bits per heavy atom. The van der Waals surface area contributed by atoms with Crippen LogP contribution in [0.3, 0.4) is 0 Å². The summed E-state index contributed by atoms with van der Waals surface area (Å²) in [5.41, 5.74) is 3.12. The first kappa shape index (κ1) is 19.2. The quantitative estimate of drug-likeness (QED) is 0.327. The Morgan fingerprint density at radius 3 is 2.67 bits per heavy atom. The molecule has 0 atom stereocenters. The first-order valence-corrected chi connectivity index (χ1v) is 10.3. The van der Waals surface area contributed by atoms with Gasteiger partial charge in [0.05, 0.1) is 22.5 Å². The number of anilines is 1. The standard InChI is InChI=1S/C16H12ClN4O4S2/c17-16-6-5-13(9-18-16)20(8-7-12-10-26-11-19-12)27(24,25)15-4-2-1-3-14(15)21(22)23/h1-6,9-10H,7-8H2. The summed E-state index contributed by atoms with van der Waals surface area (Å²) in [5, 5.41) is 13.3. The average Bonchev–Trinajstić information content (AvgIpc) is 3.16. The molecule has 8 nitrogen and oxygen atoms in total. The van der Waals surface area contributed by atoms with Gasteiger partial charge in [0.25, 0.3) is 15.7 Å². The SMILES string of the molecule is O=[N+]([O-])c1ccccc1S(=O)(=O)N(CCc1cs[c]n1)c1ccc(Cl)nc1. The van der Waals surface area contributed by atoms with Crippen molar-refractivity contribution in [3.63, 3.8) is 0 Å². The third-order valence-electron chi connectivity index (χ3n) is 3.64. The fourth-order valence-electron chi connectivity index (χ4n) is 2.39. The van der Waals surface area contributed by atoms with Gasteiger partial charge in [0.2, 0.25) is 0 Å². The summed E-state index contributed by atoms with van der Waals surface area (Å²) in [6, 6.07) is 8.16. The van der Waals surface area contributed by atoms with Gasteiger partial charge >= 0.3 is 0 Å². The minimum atomic E-state index is -4.22. The highest BCUT2D eigenvalue weighted by Crippen LogP contribution is 2.30.